The smallest absolute Gasteiger partial charge is 0.116 e. The Morgan fingerprint density at radius 2 is 2.09 bits per heavy atom. The minimum absolute atomic E-state index is 0.0276. The minimum Gasteiger partial charge on any atom is -0.389 e. The highest BCUT2D eigenvalue weighted by molar-refractivity contribution is 5.33. The predicted molar refractivity (Wildman–Crippen MR) is 85.9 cm³/mol. The van der Waals surface area contributed by atoms with Crippen LogP contribution < -0.4 is 5.73 Å². The van der Waals surface area contributed by atoms with Crippen molar-refractivity contribution in [3.8, 4) is 0 Å². The molecule has 0 spiro atoms. The number of nitrogens with two attached hydrogens (primary N) is 1. The van der Waals surface area contributed by atoms with Crippen LogP contribution in [0.15, 0.2) is 23.8 Å². The molecule has 2 fully saturated rings. The molecule has 0 unspecified atom stereocenters. The summed E-state index contributed by atoms with van der Waals surface area (Å²) in [5, 5.41) is 9.93. The SMILES string of the molecule is C[C@]12CC[C@H]3[C@@H](CC=C4C[C@H](O)C=C[C@@]43C)[C@@H]1C[C@H](F)[C@@H]2N. The lowest BCUT2D eigenvalue weighted by Crippen LogP contribution is -2.52. The number of aliphatic hydroxyl groups is 1. The van der Waals surface area contributed by atoms with Crippen molar-refractivity contribution < 1.29 is 9.50 Å². The number of rotatable bonds is 0. The van der Waals surface area contributed by atoms with Gasteiger partial charge in [-0.2, -0.15) is 0 Å². The summed E-state index contributed by atoms with van der Waals surface area (Å²) in [6.45, 7) is 4.54. The standard InChI is InChI=1S/C19H28FNO/c1-18-7-5-12(22)9-11(18)3-4-13-14(18)6-8-19(2)15(13)10-16(20)17(19)21/h3,5,7,12-17,22H,4,6,8-10,21H2,1-2H3/t12-,13-,14+,15+,16+,17+,18+,19+/m1/s1. The fourth-order valence-electron chi connectivity index (χ4n) is 6.24. The van der Waals surface area contributed by atoms with Crippen LogP contribution in [0.1, 0.15) is 46.0 Å². The number of hydrogen-bond donors (Lipinski definition) is 2. The molecule has 2 saturated carbocycles. The topological polar surface area (TPSA) is 46.2 Å². The van der Waals surface area contributed by atoms with Crippen molar-refractivity contribution in [3.63, 3.8) is 0 Å². The molecule has 3 N–H and O–H groups in total. The fourth-order valence-corrected chi connectivity index (χ4v) is 6.24. The first kappa shape index (κ1) is 14.9. The van der Waals surface area contributed by atoms with Crippen LogP contribution in [0.5, 0.6) is 0 Å². The summed E-state index contributed by atoms with van der Waals surface area (Å²) < 4.78 is 14.3. The lowest BCUT2D eigenvalue weighted by molar-refractivity contribution is -0.0115. The lowest BCUT2D eigenvalue weighted by atomic mass is 9.49. The number of halogens is 1. The van der Waals surface area contributed by atoms with Crippen molar-refractivity contribution >= 4 is 0 Å². The first-order valence-electron chi connectivity index (χ1n) is 8.83. The van der Waals surface area contributed by atoms with Gasteiger partial charge in [-0.3, -0.25) is 0 Å². The Hall–Kier alpha value is -0.670. The molecule has 4 aliphatic carbocycles. The van der Waals surface area contributed by atoms with E-state index in [1.165, 1.54) is 5.57 Å². The van der Waals surface area contributed by atoms with Crippen molar-refractivity contribution in [3.05, 3.63) is 23.8 Å². The zero-order valence-electron chi connectivity index (χ0n) is 13.6. The van der Waals surface area contributed by atoms with E-state index in [1.807, 2.05) is 6.08 Å². The van der Waals surface area contributed by atoms with Gasteiger partial charge in [0.2, 0.25) is 0 Å². The molecule has 0 aromatic rings. The molecule has 4 aliphatic rings. The molecular weight excluding hydrogens is 277 g/mol. The summed E-state index contributed by atoms with van der Waals surface area (Å²) in [6.07, 6.45) is 9.99. The van der Waals surface area contributed by atoms with E-state index in [0.29, 0.717) is 24.2 Å². The average Bonchev–Trinajstić information content (AvgIpc) is 2.72. The van der Waals surface area contributed by atoms with Gasteiger partial charge in [0, 0.05) is 11.5 Å². The van der Waals surface area contributed by atoms with Crippen LogP contribution >= 0.6 is 0 Å². The molecule has 22 heavy (non-hydrogen) atoms. The van der Waals surface area contributed by atoms with E-state index in [0.717, 1.165) is 25.7 Å². The van der Waals surface area contributed by atoms with Crippen LogP contribution in [0.3, 0.4) is 0 Å². The van der Waals surface area contributed by atoms with E-state index < -0.39 is 6.17 Å². The van der Waals surface area contributed by atoms with E-state index in [4.69, 9.17) is 5.73 Å². The molecule has 8 atom stereocenters. The van der Waals surface area contributed by atoms with Gasteiger partial charge in [-0.15, -0.1) is 0 Å². The van der Waals surface area contributed by atoms with Gasteiger partial charge in [-0.1, -0.05) is 37.6 Å². The molecule has 3 heteroatoms. The minimum atomic E-state index is -0.837. The van der Waals surface area contributed by atoms with E-state index in [1.54, 1.807) is 0 Å². The molecule has 4 rings (SSSR count). The first-order chi connectivity index (χ1) is 10.4. The van der Waals surface area contributed by atoms with E-state index in [-0.39, 0.29) is 23.0 Å². The second-order valence-electron chi connectivity index (χ2n) is 8.58. The second-order valence-corrected chi connectivity index (χ2v) is 8.58. The van der Waals surface area contributed by atoms with Gasteiger partial charge in [-0.05, 0) is 55.3 Å². The summed E-state index contributed by atoms with van der Waals surface area (Å²) in [7, 11) is 0. The van der Waals surface area contributed by atoms with Gasteiger partial charge in [0.1, 0.15) is 6.17 Å². The normalized spacial score (nSPS) is 56.9. The van der Waals surface area contributed by atoms with Gasteiger partial charge >= 0.3 is 0 Å². The molecule has 0 aliphatic heterocycles. The molecule has 0 aromatic carbocycles. The zero-order valence-corrected chi connectivity index (χ0v) is 13.6. The van der Waals surface area contributed by atoms with Gasteiger partial charge in [0.15, 0.2) is 0 Å². The van der Waals surface area contributed by atoms with Gasteiger partial charge in [-0.25, -0.2) is 4.39 Å². The molecule has 0 aromatic heterocycles. The Morgan fingerprint density at radius 3 is 2.86 bits per heavy atom. The third-order valence-electron chi connectivity index (χ3n) is 7.70. The van der Waals surface area contributed by atoms with Crippen LogP contribution in [-0.2, 0) is 0 Å². The average molecular weight is 305 g/mol. The summed E-state index contributed by atoms with van der Waals surface area (Å²) in [5.41, 5.74) is 7.66. The molecule has 0 radical (unpaired) electrons. The Kier molecular flexibility index (Phi) is 3.16. The molecule has 122 valence electrons. The number of allylic oxidation sites excluding steroid dienone is 2. The number of alkyl halides is 1. The number of hydrogen-bond acceptors (Lipinski definition) is 2. The summed E-state index contributed by atoms with van der Waals surface area (Å²) in [5.74, 6) is 1.53. The highest BCUT2D eigenvalue weighted by atomic mass is 19.1. The zero-order chi connectivity index (χ0) is 15.7. The van der Waals surface area contributed by atoms with Crippen LogP contribution in [0, 0.1) is 28.6 Å². The Labute approximate surface area is 132 Å². The van der Waals surface area contributed by atoms with Gasteiger partial charge in [0.05, 0.1) is 6.10 Å². The largest absolute Gasteiger partial charge is 0.389 e. The van der Waals surface area contributed by atoms with Crippen molar-refractivity contribution in [1.29, 1.82) is 0 Å². The summed E-state index contributed by atoms with van der Waals surface area (Å²) in [6, 6.07) is -0.291. The number of aliphatic hydroxyl groups excluding tert-OH is 1. The number of fused-ring (bicyclic) bond motifs is 5. The predicted octanol–water partition coefficient (Wildman–Crippen LogP) is 3.36. The van der Waals surface area contributed by atoms with Crippen LogP contribution in [0.4, 0.5) is 4.39 Å². The quantitative estimate of drug-likeness (QED) is 0.674. The Morgan fingerprint density at radius 1 is 1.32 bits per heavy atom. The van der Waals surface area contributed by atoms with Crippen LogP contribution in [0.25, 0.3) is 0 Å². The van der Waals surface area contributed by atoms with E-state index >= 15 is 0 Å². The van der Waals surface area contributed by atoms with Gasteiger partial charge < -0.3 is 10.8 Å². The van der Waals surface area contributed by atoms with E-state index in [2.05, 4.69) is 26.0 Å². The molecule has 0 heterocycles. The summed E-state index contributed by atoms with van der Waals surface area (Å²) >= 11 is 0. The third kappa shape index (κ3) is 1.78. The maximum absolute atomic E-state index is 14.3. The first-order valence-corrected chi connectivity index (χ1v) is 8.83. The highest BCUT2D eigenvalue weighted by Gasteiger charge is 2.60. The molecule has 0 amide bonds. The third-order valence-corrected chi connectivity index (χ3v) is 7.70. The molecule has 2 nitrogen and oxygen atoms in total. The second kappa shape index (κ2) is 4.67. The van der Waals surface area contributed by atoms with Crippen LogP contribution in [0.2, 0.25) is 0 Å². The van der Waals surface area contributed by atoms with E-state index in [9.17, 15) is 9.50 Å². The summed E-state index contributed by atoms with van der Waals surface area (Å²) in [4.78, 5) is 0. The maximum atomic E-state index is 14.3. The van der Waals surface area contributed by atoms with Gasteiger partial charge in [0.25, 0.3) is 0 Å². The lowest BCUT2D eigenvalue weighted by Gasteiger charge is -2.56. The Bertz CT molecular complexity index is 544. The Balaban J connectivity index is 1.71. The van der Waals surface area contributed by atoms with Crippen molar-refractivity contribution in [2.45, 2.75) is 64.3 Å². The molecule has 0 bridgehead atoms. The monoisotopic (exact) mass is 305 g/mol. The highest BCUT2D eigenvalue weighted by Crippen LogP contribution is 2.63. The fraction of sp³-hybridized carbons (Fsp3) is 0.789. The van der Waals surface area contributed by atoms with Crippen molar-refractivity contribution in [2.24, 2.45) is 34.3 Å². The molecule has 0 saturated heterocycles. The van der Waals surface area contributed by atoms with Crippen LogP contribution in [-0.4, -0.2) is 23.4 Å². The molecular formula is C19H28FNO. The van der Waals surface area contributed by atoms with Crippen molar-refractivity contribution in [2.75, 3.05) is 0 Å². The van der Waals surface area contributed by atoms with Crippen molar-refractivity contribution in [1.82, 2.24) is 0 Å². The maximum Gasteiger partial charge on any atom is 0.116 e.